The first-order valence-electron chi connectivity index (χ1n) is 16.0. The summed E-state index contributed by atoms with van der Waals surface area (Å²) >= 11 is 1.44. The number of rotatable bonds is 7. The highest BCUT2D eigenvalue weighted by Gasteiger charge is 2.61. The lowest BCUT2D eigenvalue weighted by atomic mass is 9.70. The zero-order valence-corrected chi connectivity index (χ0v) is 28.6. The first-order chi connectivity index (χ1) is 21.2. The Morgan fingerprint density at radius 1 is 1.04 bits per heavy atom. The number of esters is 2. The van der Waals surface area contributed by atoms with Crippen LogP contribution in [0.15, 0.2) is 36.8 Å². The van der Waals surface area contributed by atoms with E-state index in [0.717, 1.165) is 11.3 Å². The van der Waals surface area contributed by atoms with Gasteiger partial charge in [-0.05, 0) is 64.2 Å². The number of aliphatic hydroxyl groups excluding tert-OH is 1. The number of ketones is 1. The van der Waals surface area contributed by atoms with Gasteiger partial charge in [-0.3, -0.25) is 24.0 Å². The fourth-order valence-electron chi connectivity index (χ4n) is 7.35. The van der Waals surface area contributed by atoms with Crippen molar-refractivity contribution in [2.75, 3.05) is 12.9 Å². The molecule has 10 nitrogen and oxygen atoms in total. The van der Waals surface area contributed by atoms with Gasteiger partial charge in [-0.1, -0.05) is 27.7 Å². The van der Waals surface area contributed by atoms with Gasteiger partial charge in [0.2, 0.25) is 0 Å². The van der Waals surface area contributed by atoms with E-state index in [4.69, 9.17) is 14.2 Å². The molecule has 2 aliphatic rings. The molecule has 0 aromatic carbocycles. The van der Waals surface area contributed by atoms with Crippen LogP contribution >= 0.6 is 11.8 Å². The maximum atomic E-state index is 14.1. The largest absolute Gasteiger partial charge is 0.458 e. The number of aryl methyl sites for hydroxylation is 1. The summed E-state index contributed by atoms with van der Waals surface area (Å²) in [4.78, 5) is 45.2. The van der Waals surface area contributed by atoms with Crippen LogP contribution in [0.25, 0.3) is 11.3 Å². The third kappa shape index (κ3) is 7.46. The van der Waals surface area contributed by atoms with Crippen LogP contribution in [0, 0.1) is 29.6 Å². The predicted molar refractivity (Wildman–Crippen MR) is 172 cm³/mol. The molecule has 10 unspecified atom stereocenters. The van der Waals surface area contributed by atoms with Gasteiger partial charge in [-0.15, -0.1) is 11.8 Å². The van der Waals surface area contributed by atoms with Crippen molar-refractivity contribution in [1.82, 2.24) is 14.8 Å². The molecule has 0 radical (unpaired) electrons. The van der Waals surface area contributed by atoms with Gasteiger partial charge in [0.1, 0.15) is 17.1 Å². The summed E-state index contributed by atoms with van der Waals surface area (Å²) in [5.74, 6) is -2.99. The normalized spacial score (nSPS) is 36.6. The Balaban J connectivity index is 1.63. The van der Waals surface area contributed by atoms with Crippen molar-refractivity contribution < 1.29 is 33.7 Å². The van der Waals surface area contributed by atoms with Crippen LogP contribution in [0.2, 0.25) is 0 Å². The van der Waals surface area contributed by atoms with E-state index < -0.39 is 58.4 Å². The van der Waals surface area contributed by atoms with Crippen LogP contribution in [0.4, 0.5) is 0 Å². The minimum atomic E-state index is -1.24. The molecule has 4 heterocycles. The molecule has 0 amide bonds. The van der Waals surface area contributed by atoms with Crippen molar-refractivity contribution in [3.63, 3.8) is 0 Å². The monoisotopic (exact) mass is 643 g/mol. The second-order valence-corrected chi connectivity index (χ2v) is 14.6. The molecule has 248 valence electrons. The third-order valence-electron chi connectivity index (χ3n) is 9.97. The highest BCUT2D eigenvalue weighted by Crippen LogP contribution is 2.48. The number of fused-ring (bicyclic) bond motifs is 1. The lowest BCUT2D eigenvalue weighted by molar-refractivity contribution is -0.186. The number of hydrogen-bond acceptors (Lipinski definition) is 10. The van der Waals surface area contributed by atoms with E-state index in [1.54, 1.807) is 33.4 Å². The summed E-state index contributed by atoms with van der Waals surface area (Å²) in [6.07, 6.45) is 4.87. The maximum Gasteiger partial charge on any atom is 0.320 e. The Labute approximate surface area is 271 Å². The molecule has 1 N–H and O–H groups in total. The molecular formula is C34H49N3O7S. The van der Waals surface area contributed by atoms with E-state index in [-0.39, 0.29) is 17.6 Å². The lowest BCUT2D eigenvalue weighted by Crippen LogP contribution is -2.53. The third-order valence-corrected chi connectivity index (χ3v) is 11.2. The average molecular weight is 644 g/mol. The first kappa shape index (κ1) is 35.1. The summed E-state index contributed by atoms with van der Waals surface area (Å²) in [5.41, 5.74) is -0.139. The molecule has 10 atom stereocenters. The Bertz CT molecular complexity index is 1340. The molecule has 0 saturated carbocycles. The number of methoxy groups -OCH3 is 1. The quantitative estimate of drug-likeness (QED) is 0.413. The molecule has 2 aromatic heterocycles. The van der Waals surface area contributed by atoms with Gasteiger partial charge in [0.25, 0.3) is 0 Å². The molecule has 2 fully saturated rings. The van der Waals surface area contributed by atoms with Crippen molar-refractivity contribution in [1.29, 1.82) is 0 Å². The SMILES string of the molecule is CCC1OC(=O)C(C)C(O)C(C)CC(C)(OC)CC(C)C(=O)C(C)C2C(SCCn3ccc(-c4ccncc4)n3)C(=O)OC12C. The summed E-state index contributed by atoms with van der Waals surface area (Å²) in [6, 6.07) is 5.74. The van der Waals surface area contributed by atoms with E-state index >= 15 is 0 Å². The smallest absolute Gasteiger partial charge is 0.320 e. The number of cyclic esters (lactones) is 1. The number of thioether (sulfide) groups is 1. The van der Waals surface area contributed by atoms with Crippen molar-refractivity contribution in [3.05, 3.63) is 36.8 Å². The Morgan fingerprint density at radius 3 is 2.38 bits per heavy atom. The van der Waals surface area contributed by atoms with Gasteiger partial charge in [0.15, 0.2) is 5.60 Å². The average Bonchev–Trinajstić information content (AvgIpc) is 3.60. The fraction of sp³-hybridized carbons (Fsp3) is 0.676. The minimum absolute atomic E-state index is 0.00674. The Kier molecular flexibility index (Phi) is 11.2. The van der Waals surface area contributed by atoms with E-state index in [1.807, 2.05) is 63.7 Å². The summed E-state index contributed by atoms with van der Waals surface area (Å²) in [5, 5.41) is 15.2. The number of aromatic nitrogens is 3. The van der Waals surface area contributed by atoms with Gasteiger partial charge in [0.05, 0.1) is 23.3 Å². The van der Waals surface area contributed by atoms with Gasteiger partial charge in [-0.2, -0.15) is 5.10 Å². The van der Waals surface area contributed by atoms with E-state index in [2.05, 4.69) is 10.1 Å². The standard InChI is InChI=1S/C34H49N3O7S/c1-9-26-34(7)27(30(32(41)44-34)45-17-16-37-15-12-25(36-37)24-10-13-35-14-11-24)22(4)28(38)20(2)18-33(6,42-8)19-21(3)29(39)23(5)31(40)43-26/h10-15,20-23,26-27,29-30,39H,9,16-19H2,1-8H3. The fourth-order valence-corrected chi connectivity index (χ4v) is 8.79. The number of Topliss-reactive ketones (excluding diaryl/α,β-unsaturated/α-hetero) is 1. The molecule has 45 heavy (non-hydrogen) atoms. The summed E-state index contributed by atoms with van der Waals surface area (Å²) in [6.45, 7) is 13.5. The number of carbonyl (C=O) groups is 3. The second kappa shape index (κ2) is 14.3. The number of ether oxygens (including phenoxy) is 3. The van der Waals surface area contributed by atoms with Gasteiger partial charge >= 0.3 is 11.9 Å². The molecule has 0 aliphatic carbocycles. The lowest BCUT2D eigenvalue weighted by Gasteiger charge is -2.42. The zero-order chi connectivity index (χ0) is 33.1. The molecule has 2 aliphatic heterocycles. The number of aliphatic hydroxyl groups is 1. The van der Waals surface area contributed by atoms with Crippen LogP contribution in [0.3, 0.4) is 0 Å². The molecule has 4 rings (SSSR count). The van der Waals surface area contributed by atoms with Crippen LogP contribution in [0.1, 0.15) is 67.7 Å². The Hall–Kier alpha value is -2.76. The van der Waals surface area contributed by atoms with E-state index in [1.165, 1.54) is 11.8 Å². The molecule has 11 heteroatoms. The number of nitrogens with zero attached hydrogens (tertiary/aromatic N) is 3. The number of carbonyl (C=O) groups excluding carboxylic acids is 3. The van der Waals surface area contributed by atoms with Crippen LogP contribution in [-0.4, -0.2) is 79.1 Å². The first-order valence-corrected chi connectivity index (χ1v) is 17.0. The summed E-state index contributed by atoms with van der Waals surface area (Å²) in [7, 11) is 1.61. The van der Waals surface area contributed by atoms with Crippen molar-refractivity contribution in [2.45, 2.75) is 103 Å². The highest BCUT2D eigenvalue weighted by molar-refractivity contribution is 8.00. The number of pyridine rings is 1. The van der Waals surface area contributed by atoms with Gasteiger partial charge < -0.3 is 19.3 Å². The maximum absolute atomic E-state index is 14.1. The predicted octanol–water partition coefficient (Wildman–Crippen LogP) is 4.97. The van der Waals surface area contributed by atoms with E-state index in [0.29, 0.717) is 31.6 Å². The van der Waals surface area contributed by atoms with Crippen LogP contribution in [-0.2, 0) is 35.1 Å². The molecule has 2 aromatic rings. The second-order valence-electron chi connectivity index (χ2n) is 13.4. The van der Waals surface area contributed by atoms with Crippen molar-refractivity contribution in [3.8, 4) is 11.3 Å². The van der Waals surface area contributed by atoms with Crippen molar-refractivity contribution >= 4 is 29.5 Å². The zero-order valence-electron chi connectivity index (χ0n) is 27.8. The van der Waals surface area contributed by atoms with E-state index in [9.17, 15) is 19.5 Å². The molecule has 0 spiro atoms. The van der Waals surface area contributed by atoms with Crippen LogP contribution in [0.5, 0.6) is 0 Å². The number of hydrogen-bond donors (Lipinski definition) is 1. The topological polar surface area (TPSA) is 130 Å². The molecular weight excluding hydrogens is 594 g/mol. The summed E-state index contributed by atoms with van der Waals surface area (Å²) < 4.78 is 19.9. The highest BCUT2D eigenvalue weighted by atomic mass is 32.2. The minimum Gasteiger partial charge on any atom is -0.458 e. The molecule has 2 saturated heterocycles. The Morgan fingerprint density at radius 2 is 1.73 bits per heavy atom. The van der Waals surface area contributed by atoms with Crippen molar-refractivity contribution in [2.24, 2.45) is 29.6 Å². The molecule has 0 bridgehead atoms. The van der Waals surface area contributed by atoms with Gasteiger partial charge in [-0.25, -0.2) is 0 Å². The van der Waals surface area contributed by atoms with Crippen LogP contribution < -0.4 is 0 Å². The van der Waals surface area contributed by atoms with Gasteiger partial charge in [0, 0.05) is 61.3 Å².